The Hall–Kier alpha value is -0.930. The molecule has 2 unspecified atom stereocenters. The molecule has 0 amide bonds. The summed E-state index contributed by atoms with van der Waals surface area (Å²) < 4.78 is 5.67. The SMILES string of the molecule is CNC(CCC1CCCO1)c1cccnc1C. The second-order valence-corrected chi connectivity index (χ2v) is 4.73. The zero-order chi connectivity index (χ0) is 12.1. The van der Waals surface area contributed by atoms with Crippen LogP contribution >= 0.6 is 0 Å². The van der Waals surface area contributed by atoms with E-state index < -0.39 is 0 Å². The predicted octanol–water partition coefficient (Wildman–Crippen LogP) is 2.61. The van der Waals surface area contributed by atoms with Crippen molar-refractivity contribution in [2.75, 3.05) is 13.7 Å². The lowest BCUT2D eigenvalue weighted by Crippen LogP contribution is -2.20. The molecule has 3 nitrogen and oxygen atoms in total. The summed E-state index contributed by atoms with van der Waals surface area (Å²) in [6, 6.07) is 4.57. The van der Waals surface area contributed by atoms with Gasteiger partial charge in [-0.2, -0.15) is 0 Å². The van der Waals surface area contributed by atoms with Crippen molar-refractivity contribution in [3.05, 3.63) is 29.6 Å². The van der Waals surface area contributed by atoms with Crippen LogP contribution in [0.5, 0.6) is 0 Å². The zero-order valence-electron chi connectivity index (χ0n) is 10.8. The van der Waals surface area contributed by atoms with E-state index >= 15 is 0 Å². The Morgan fingerprint density at radius 2 is 2.47 bits per heavy atom. The normalized spacial score (nSPS) is 21.6. The van der Waals surface area contributed by atoms with E-state index in [2.05, 4.69) is 23.3 Å². The van der Waals surface area contributed by atoms with Crippen LogP contribution < -0.4 is 5.32 Å². The number of rotatable bonds is 5. The number of hydrogen-bond donors (Lipinski definition) is 1. The van der Waals surface area contributed by atoms with Crippen LogP contribution in [0.1, 0.15) is 43.0 Å². The monoisotopic (exact) mass is 234 g/mol. The lowest BCUT2D eigenvalue weighted by Gasteiger charge is -2.19. The molecule has 0 bridgehead atoms. The van der Waals surface area contributed by atoms with Crippen molar-refractivity contribution >= 4 is 0 Å². The average Bonchev–Trinajstić information content (AvgIpc) is 2.85. The Bertz CT molecular complexity index is 348. The third kappa shape index (κ3) is 3.27. The van der Waals surface area contributed by atoms with Gasteiger partial charge in [0.25, 0.3) is 0 Å². The third-order valence-corrected chi connectivity index (χ3v) is 3.57. The van der Waals surface area contributed by atoms with Crippen LogP contribution in [0.4, 0.5) is 0 Å². The fourth-order valence-corrected chi connectivity index (χ4v) is 2.54. The first-order valence-electron chi connectivity index (χ1n) is 6.51. The van der Waals surface area contributed by atoms with Crippen molar-refractivity contribution < 1.29 is 4.74 Å². The van der Waals surface area contributed by atoms with Gasteiger partial charge in [-0.05, 0) is 51.3 Å². The van der Waals surface area contributed by atoms with Crippen LogP contribution in [0.2, 0.25) is 0 Å². The molecule has 0 saturated carbocycles. The fraction of sp³-hybridized carbons (Fsp3) is 0.643. The predicted molar refractivity (Wildman–Crippen MR) is 69.0 cm³/mol. The first-order chi connectivity index (χ1) is 8.31. The second kappa shape index (κ2) is 6.12. The number of hydrogen-bond acceptors (Lipinski definition) is 3. The minimum absolute atomic E-state index is 0.396. The first kappa shape index (κ1) is 12.5. The highest BCUT2D eigenvalue weighted by molar-refractivity contribution is 5.22. The van der Waals surface area contributed by atoms with Gasteiger partial charge in [0.1, 0.15) is 0 Å². The fourth-order valence-electron chi connectivity index (χ4n) is 2.54. The van der Waals surface area contributed by atoms with Gasteiger partial charge >= 0.3 is 0 Å². The van der Waals surface area contributed by atoms with E-state index in [9.17, 15) is 0 Å². The van der Waals surface area contributed by atoms with Gasteiger partial charge in [-0.1, -0.05) is 6.07 Å². The maximum atomic E-state index is 5.67. The molecule has 1 saturated heterocycles. The van der Waals surface area contributed by atoms with Gasteiger partial charge in [0, 0.05) is 24.5 Å². The summed E-state index contributed by atoms with van der Waals surface area (Å²) in [4.78, 5) is 4.36. The Morgan fingerprint density at radius 1 is 1.59 bits per heavy atom. The molecule has 94 valence electrons. The molecular weight excluding hydrogens is 212 g/mol. The molecule has 0 aliphatic carbocycles. The van der Waals surface area contributed by atoms with Crippen LogP contribution in [0.3, 0.4) is 0 Å². The van der Waals surface area contributed by atoms with Crippen LogP contribution in [0, 0.1) is 6.92 Å². The molecule has 17 heavy (non-hydrogen) atoms. The lowest BCUT2D eigenvalue weighted by molar-refractivity contribution is 0.0998. The van der Waals surface area contributed by atoms with Crippen LogP contribution in [-0.2, 0) is 4.74 Å². The Kier molecular flexibility index (Phi) is 4.51. The Morgan fingerprint density at radius 3 is 3.12 bits per heavy atom. The van der Waals surface area contributed by atoms with Gasteiger partial charge in [0.2, 0.25) is 0 Å². The maximum absolute atomic E-state index is 5.67. The van der Waals surface area contributed by atoms with E-state index in [0.717, 1.165) is 25.1 Å². The van der Waals surface area contributed by atoms with Crippen molar-refractivity contribution in [2.24, 2.45) is 0 Å². The summed E-state index contributed by atoms with van der Waals surface area (Å²) >= 11 is 0. The largest absolute Gasteiger partial charge is 0.378 e. The average molecular weight is 234 g/mol. The molecule has 1 N–H and O–H groups in total. The van der Waals surface area contributed by atoms with Gasteiger partial charge in [0.05, 0.1) is 6.10 Å². The summed E-state index contributed by atoms with van der Waals surface area (Å²) in [6.45, 7) is 3.02. The second-order valence-electron chi connectivity index (χ2n) is 4.73. The Labute approximate surface area is 104 Å². The molecule has 2 heterocycles. The quantitative estimate of drug-likeness (QED) is 0.850. The molecule has 1 aliphatic rings. The van der Waals surface area contributed by atoms with Gasteiger partial charge < -0.3 is 10.1 Å². The van der Waals surface area contributed by atoms with Crippen molar-refractivity contribution in [1.82, 2.24) is 10.3 Å². The number of aromatic nitrogens is 1. The van der Waals surface area contributed by atoms with Gasteiger partial charge in [-0.3, -0.25) is 4.98 Å². The number of nitrogens with zero attached hydrogens (tertiary/aromatic N) is 1. The van der Waals surface area contributed by atoms with E-state index in [4.69, 9.17) is 4.74 Å². The minimum atomic E-state index is 0.396. The highest BCUT2D eigenvalue weighted by Crippen LogP contribution is 2.24. The van der Waals surface area contributed by atoms with E-state index in [-0.39, 0.29) is 0 Å². The van der Waals surface area contributed by atoms with E-state index in [1.807, 2.05) is 19.3 Å². The first-order valence-corrected chi connectivity index (χ1v) is 6.51. The molecule has 0 aromatic carbocycles. The number of nitrogens with one attached hydrogen (secondary N) is 1. The van der Waals surface area contributed by atoms with Crippen molar-refractivity contribution in [1.29, 1.82) is 0 Å². The van der Waals surface area contributed by atoms with E-state index in [1.54, 1.807) is 0 Å². The maximum Gasteiger partial charge on any atom is 0.0576 e. The molecular formula is C14H22N2O. The van der Waals surface area contributed by atoms with Crippen LogP contribution in [-0.4, -0.2) is 24.7 Å². The van der Waals surface area contributed by atoms with Crippen molar-refractivity contribution in [3.8, 4) is 0 Å². The topological polar surface area (TPSA) is 34.1 Å². The number of pyridine rings is 1. The van der Waals surface area contributed by atoms with E-state index in [1.165, 1.54) is 18.4 Å². The van der Waals surface area contributed by atoms with Crippen molar-refractivity contribution in [2.45, 2.75) is 44.8 Å². The number of ether oxygens (including phenoxy) is 1. The van der Waals surface area contributed by atoms with Crippen molar-refractivity contribution in [3.63, 3.8) is 0 Å². The molecule has 1 aromatic heterocycles. The molecule has 1 aromatic rings. The van der Waals surface area contributed by atoms with Gasteiger partial charge in [0.15, 0.2) is 0 Å². The summed E-state index contributed by atoms with van der Waals surface area (Å²) in [5.41, 5.74) is 2.44. The highest BCUT2D eigenvalue weighted by Gasteiger charge is 2.18. The van der Waals surface area contributed by atoms with Gasteiger partial charge in [-0.15, -0.1) is 0 Å². The summed E-state index contributed by atoms with van der Waals surface area (Å²) in [7, 11) is 2.02. The summed E-state index contributed by atoms with van der Waals surface area (Å²) in [5, 5.41) is 3.39. The summed E-state index contributed by atoms with van der Waals surface area (Å²) in [5.74, 6) is 0. The minimum Gasteiger partial charge on any atom is -0.378 e. The molecule has 1 aliphatic heterocycles. The van der Waals surface area contributed by atoms with Crippen LogP contribution in [0.15, 0.2) is 18.3 Å². The summed E-state index contributed by atoms with van der Waals surface area (Å²) in [6.07, 6.45) is 7.03. The molecule has 3 heteroatoms. The molecule has 2 atom stereocenters. The standard InChI is InChI=1S/C14H22N2O/c1-11-13(6-3-9-16-11)14(15-2)8-7-12-5-4-10-17-12/h3,6,9,12,14-15H,4-5,7-8,10H2,1-2H3. The molecule has 2 rings (SSSR count). The molecule has 1 fully saturated rings. The van der Waals surface area contributed by atoms with E-state index in [0.29, 0.717) is 12.1 Å². The third-order valence-electron chi connectivity index (χ3n) is 3.57. The van der Waals surface area contributed by atoms with Crippen LogP contribution in [0.25, 0.3) is 0 Å². The highest BCUT2D eigenvalue weighted by atomic mass is 16.5. The van der Waals surface area contributed by atoms with Gasteiger partial charge in [-0.25, -0.2) is 0 Å². The Balaban J connectivity index is 1.94. The molecule has 0 spiro atoms. The molecule has 0 radical (unpaired) electrons. The number of aryl methyl sites for hydroxylation is 1. The smallest absolute Gasteiger partial charge is 0.0576 e. The lowest BCUT2D eigenvalue weighted by atomic mass is 9.98. The zero-order valence-corrected chi connectivity index (χ0v) is 10.8.